The fraction of sp³-hybridized carbons (Fsp3) is 0.400. The van der Waals surface area contributed by atoms with Gasteiger partial charge in [-0.3, -0.25) is 0 Å². The highest BCUT2D eigenvalue weighted by atomic mass is 13.9. The van der Waals surface area contributed by atoms with E-state index in [4.69, 9.17) is 0 Å². The predicted octanol–water partition coefficient (Wildman–Crippen LogP) is 6.39. The molecule has 2 aromatic carbocycles. The van der Waals surface area contributed by atoms with Gasteiger partial charge in [0, 0.05) is 0 Å². The summed E-state index contributed by atoms with van der Waals surface area (Å²) in [5.74, 6) is 0. The molecule has 0 saturated carbocycles. The fourth-order valence-electron chi connectivity index (χ4n) is 1.65. The first-order chi connectivity index (χ1) is 8.65. The Morgan fingerprint density at radius 1 is 0.550 bits per heavy atom. The van der Waals surface area contributed by atoms with E-state index in [0.717, 1.165) is 12.8 Å². The molecule has 2 rings (SSSR count). The van der Waals surface area contributed by atoms with Gasteiger partial charge in [0.15, 0.2) is 0 Å². The molecule has 0 amide bonds. The molecule has 112 valence electrons. The molecule has 0 N–H and O–H groups in total. The van der Waals surface area contributed by atoms with Crippen molar-refractivity contribution in [2.75, 3.05) is 0 Å². The maximum absolute atomic E-state index is 2.18. The first-order valence-electron chi connectivity index (χ1n) is 6.76. The van der Waals surface area contributed by atoms with Crippen LogP contribution < -0.4 is 0 Å². The van der Waals surface area contributed by atoms with Gasteiger partial charge in [0.2, 0.25) is 0 Å². The van der Waals surface area contributed by atoms with Crippen LogP contribution in [0, 0.1) is 13.8 Å². The normalized spacial score (nSPS) is 8.60. The molecular formula is C20H32. The van der Waals surface area contributed by atoms with Gasteiger partial charge in [-0.1, -0.05) is 88.4 Å². The highest BCUT2D eigenvalue weighted by molar-refractivity contribution is 5.21. The van der Waals surface area contributed by atoms with E-state index in [2.05, 4.69) is 76.2 Å². The van der Waals surface area contributed by atoms with Crippen molar-refractivity contribution < 1.29 is 0 Å². The van der Waals surface area contributed by atoms with Gasteiger partial charge >= 0.3 is 0 Å². The van der Waals surface area contributed by atoms with Crippen molar-refractivity contribution in [3.8, 4) is 0 Å². The molecule has 2 aromatic rings. The third-order valence-corrected chi connectivity index (χ3v) is 3.06. The Balaban J connectivity index is 0. The molecule has 0 fully saturated rings. The van der Waals surface area contributed by atoms with Crippen LogP contribution in [0.1, 0.15) is 51.0 Å². The monoisotopic (exact) mass is 272 g/mol. The molecule has 0 radical (unpaired) electrons. The summed E-state index contributed by atoms with van der Waals surface area (Å²) in [6.07, 6.45) is 2.28. The molecule has 0 aliphatic heterocycles. The Hall–Kier alpha value is -1.56. The van der Waals surface area contributed by atoms with Crippen molar-refractivity contribution in [1.29, 1.82) is 0 Å². The summed E-state index contributed by atoms with van der Waals surface area (Å²) in [6, 6.07) is 17.3. The lowest BCUT2D eigenvalue weighted by Gasteiger charge is -1.94. The summed E-state index contributed by atoms with van der Waals surface area (Å²) in [7, 11) is 0. The quantitative estimate of drug-likeness (QED) is 0.594. The number of rotatable bonds is 2. The third kappa shape index (κ3) is 7.78. The molecule has 20 heavy (non-hydrogen) atoms. The van der Waals surface area contributed by atoms with Gasteiger partial charge < -0.3 is 0 Å². The lowest BCUT2D eigenvalue weighted by molar-refractivity contribution is 1.14. The van der Waals surface area contributed by atoms with Crippen LogP contribution in [0.3, 0.4) is 0 Å². The molecule has 0 aromatic heterocycles. The van der Waals surface area contributed by atoms with Crippen LogP contribution in [-0.2, 0) is 12.8 Å². The first kappa shape index (κ1) is 20.8. The Morgan fingerprint density at radius 3 is 1.00 bits per heavy atom. The van der Waals surface area contributed by atoms with Crippen LogP contribution in [-0.4, -0.2) is 0 Å². The van der Waals surface area contributed by atoms with Crippen LogP contribution >= 0.6 is 0 Å². The van der Waals surface area contributed by atoms with Crippen LogP contribution in [0.2, 0.25) is 0 Å². The van der Waals surface area contributed by atoms with Gasteiger partial charge in [0.1, 0.15) is 0 Å². The summed E-state index contributed by atoms with van der Waals surface area (Å²) >= 11 is 0. The summed E-state index contributed by atoms with van der Waals surface area (Å²) < 4.78 is 0. The molecule has 0 unspecified atom stereocenters. The van der Waals surface area contributed by atoms with Gasteiger partial charge in [-0.2, -0.15) is 0 Å². The highest BCUT2D eigenvalue weighted by Gasteiger charge is 1.85. The van der Waals surface area contributed by atoms with E-state index < -0.39 is 0 Å². The molecule has 0 atom stereocenters. The van der Waals surface area contributed by atoms with E-state index in [-0.39, 0.29) is 14.9 Å². The Labute approximate surface area is 126 Å². The van der Waals surface area contributed by atoms with Crippen molar-refractivity contribution >= 4 is 0 Å². The van der Waals surface area contributed by atoms with E-state index in [1.54, 1.807) is 0 Å². The number of hydrogen-bond acceptors (Lipinski definition) is 0. The second-order valence-corrected chi connectivity index (χ2v) is 4.68. The zero-order valence-corrected chi connectivity index (χ0v) is 12.0. The molecule has 0 spiro atoms. The van der Waals surface area contributed by atoms with Crippen LogP contribution in [0.25, 0.3) is 0 Å². The molecule has 0 heterocycles. The van der Waals surface area contributed by atoms with Crippen molar-refractivity contribution in [2.45, 2.75) is 55.4 Å². The van der Waals surface area contributed by atoms with Gasteiger partial charge in [-0.15, -0.1) is 0 Å². The minimum absolute atomic E-state index is 0. The average molecular weight is 272 g/mol. The second kappa shape index (κ2) is 11.3. The van der Waals surface area contributed by atoms with Gasteiger partial charge in [-0.25, -0.2) is 0 Å². The smallest absolute Gasteiger partial charge is 0.0307 e. The van der Waals surface area contributed by atoms with E-state index >= 15 is 0 Å². The van der Waals surface area contributed by atoms with E-state index in [0.29, 0.717) is 0 Å². The SMILES string of the molecule is C.C.CCc1ccc(C)cc1.CCc1ccc(C)cc1. The molecule has 0 aliphatic rings. The number of benzene rings is 2. The highest BCUT2D eigenvalue weighted by Crippen LogP contribution is 2.03. The zero-order valence-electron chi connectivity index (χ0n) is 12.0. The molecule has 0 nitrogen and oxygen atoms in total. The molecule has 0 heteroatoms. The summed E-state index contributed by atoms with van der Waals surface area (Å²) in [5, 5.41) is 0. The van der Waals surface area contributed by atoms with Crippen molar-refractivity contribution in [1.82, 2.24) is 0 Å². The summed E-state index contributed by atoms with van der Waals surface area (Å²) in [6.45, 7) is 8.56. The zero-order chi connectivity index (χ0) is 13.4. The molecule has 0 aliphatic carbocycles. The molecule has 0 saturated heterocycles. The summed E-state index contributed by atoms with van der Waals surface area (Å²) in [4.78, 5) is 0. The number of hydrogen-bond donors (Lipinski definition) is 0. The largest absolute Gasteiger partial charge is 0.0776 e. The topological polar surface area (TPSA) is 0 Å². The molecular weight excluding hydrogens is 240 g/mol. The maximum Gasteiger partial charge on any atom is -0.0307 e. The predicted molar refractivity (Wildman–Crippen MR) is 94.6 cm³/mol. The van der Waals surface area contributed by atoms with Crippen molar-refractivity contribution in [3.63, 3.8) is 0 Å². The van der Waals surface area contributed by atoms with E-state index in [9.17, 15) is 0 Å². The Bertz CT molecular complexity index is 389. The summed E-state index contributed by atoms with van der Waals surface area (Å²) in [5.41, 5.74) is 5.51. The Kier molecular flexibility index (Phi) is 11.7. The maximum atomic E-state index is 2.18. The standard InChI is InChI=1S/2C9H12.2CH4/c2*1-3-9-6-4-8(2)5-7-9;;/h2*4-7H,3H2,1-2H3;2*1H4. The van der Waals surface area contributed by atoms with Gasteiger partial charge in [0.05, 0.1) is 0 Å². The van der Waals surface area contributed by atoms with Gasteiger partial charge in [0.25, 0.3) is 0 Å². The average Bonchev–Trinajstić information content (AvgIpc) is 2.41. The lowest BCUT2D eigenvalue weighted by Crippen LogP contribution is -1.77. The number of aryl methyl sites for hydroxylation is 4. The van der Waals surface area contributed by atoms with E-state index in [1.807, 2.05) is 0 Å². The van der Waals surface area contributed by atoms with Crippen molar-refractivity contribution in [3.05, 3.63) is 70.8 Å². The second-order valence-electron chi connectivity index (χ2n) is 4.68. The minimum Gasteiger partial charge on any atom is -0.0776 e. The first-order valence-corrected chi connectivity index (χ1v) is 6.76. The minimum atomic E-state index is 0. The van der Waals surface area contributed by atoms with Crippen molar-refractivity contribution in [2.24, 2.45) is 0 Å². The van der Waals surface area contributed by atoms with E-state index in [1.165, 1.54) is 22.3 Å². The van der Waals surface area contributed by atoms with Gasteiger partial charge in [-0.05, 0) is 37.8 Å². The van der Waals surface area contributed by atoms with Crippen LogP contribution in [0.4, 0.5) is 0 Å². The third-order valence-electron chi connectivity index (χ3n) is 3.06. The lowest BCUT2D eigenvalue weighted by atomic mass is 10.1. The Morgan fingerprint density at radius 2 is 0.800 bits per heavy atom. The molecule has 0 bridgehead atoms. The fourth-order valence-corrected chi connectivity index (χ4v) is 1.65. The van der Waals surface area contributed by atoms with Crippen LogP contribution in [0.15, 0.2) is 48.5 Å². The van der Waals surface area contributed by atoms with Crippen LogP contribution in [0.5, 0.6) is 0 Å².